The predicted octanol–water partition coefficient (Wildman–Crippen LogP) is 4.11. The van der Waals surface area contributed by atoms with E-state index in [1.54, 1.807) is 18.2 Å². The maximum absolute atomic E-state index is 13.1. The van der Waals surface area contributed by atoms with Gasteiger partial charge in [-0.05, 0) is 54.8 Å². The Bertz CT molecular complexity index is 1070. The number of anilines is 1. The Kier molecular flexibility index (Phi) is 6.18. The van der Waals surface area contributed by atoms with Crippen molar-refractivity contribution < 1.29 is 14.0 Å². The minimum absolute atomic E-state index is 0.0101. The van der Waals surface area contributed by atoms with E-state index in [0.29, 0.717) is 24.3 Å². The second-order valence-electron chi connectivity index (χ2n) is 7.96. The van der Waals surface area contributed by atoms with Gasteiger partial charge in [-0.25, -0.2) is 0 Å². The first kappa shape index (κ1) is 20.9. The van der Waals surface area contributed by atoms with Crippen LogP contribution in [-0.4, -0.2) is 47.8 Å². The summed E-state index contributed by atoms with van der Waals surface area (Å²) in [5, 5.41) is 2.84. The first-order valence-electron chi connectivity index (χ1n) is 10.5. The molecule has 0 radical (unpaired) electrons. The summed E-state index contributed by atoms with van der Waals surface area (Å²) in [4.78, 5) is 29.7. The molecule has 160 valence electrons. The molecule has 3 aromatic rings. The average molecular weight is 418 g/mol. The summed E-state index contributed by atoms with van der Waals surface area (Å²) in [6.45, 7) is 7.99. The van der Waals surface area contributed by atoms with E-state index in [1.807, 2.05) is 24.0 Å². The molecule has 1 aliphatic heterocycles. The number of aryl methyl sites for hydroxylation is 2. The van der Waals surface area contributed by atoms with Crippen LogP contribution in [0.25, 0.3) is 0 Å². The van der Waals surface area contributed by atoms with Gasteiger partial charge in [0.25, 0.3) is 11.8 Å². The Labute approximate surface area is 182 Å². The van der Waals surface area contributed by atoms with E-state index in [1.165, 1.54) is 17.4 Å². The Morgan fingerprint density at radius 1 is 0.935 bits per heavy atom. The molecular formula is C25H27N3O3. The van der Waals surface area contributed by atoms with E-state index in [0.717, 1.165) is 25.2 Å². The topological polar surface area (TPSA) is 65.8 Å². The van der Waals surface area contributed by atoms with Gasteiger partial charge in [-0.2, -0.15) is 0 Å². The monoisotopic (exact) mass is 417 g/mol. The molecular weight excluding hydrogens is 390 g/mol. The van der Waals surface area contributed by atoms with Crippen molar-refractivity contribution in [2.75, 3.05) is 31.5 Å². The van der Waals surface area contributed by atoms with Crippen LogP contribution in [0.4, 0.5) is 5.69 Å². The van der Waals surface area contributed by atoms with E-state index in [4.69, 9.17) is 4.42 Å². The van der Waals surface area contributed by atoms with Gasteiger partial charge in [-0.15, -0.1) is 0 Å². The number of carbonyl (C=O) groups is 2. The van der Waals surface area contributed by atoms with Crippen LogP contribution in [0.3, 0.4) is 0 Å². The number of carbonyl (C=O) groups excluding carboxylic acids is 2. The lowest BCUT2D eigenvalue weighted by molar-refractivity contribution is 0.0628. The second-order valence-corrected chi connectivity index (χ2v) is 7.96. The molecule has 2 heterocycles. The maximum Gasteiger partial charge on any atom is 0.291 e. The van der Waals surface area contributed by atoms with Crippen molar-refractivity contribution in [2.24, 2.45) is 0 Å². The molecule has 0 saturated carbocycles. The molecule has 2 amide bonds. The molecule has 2 aromatic carbocycles. The smallest absolute Gasteiger partial charge is 0.291 e. The minimum Gasteiger partial charge on any atom is -0.459 e. The molecule has 4 rings (SSSR count). The fourth-order valence-corrected chi connectivity index (χ4v) is 3.80. The summed E-state index contributed by atoms with van der Waals surface area (Å²) in [7, 11) is 0. The van der Waals surface area contributed by atoms with E-state index >= 15 is 0 Å². The first-order valence-corrected chi connectivity index (χ1v) is 10.5. The van der Waals surface area contributed by atoms with Gasteiger partial charge in [0, 0.05) is 44.0 Å². The van der Waals surface area contributed by atoms with Crippen molar-refractivity contribution in [3.8, 4) is 0 Å². The summed E-state index contributed by atoms with van der Waals surface area (Å²) in [5.74, 6) is -0.104. The number of rotatable bonds is 5. The van der Waals surface area contributed by atoms with Crippen molar-refractivity contribution in [1.82, 2.24) is 9.80 Å². The lowest BCUT2D eigenvalue weighted by Gasteiger charge is -2.35. The number of nitrogens with zero attached hydrogens (tertiary/aromatic N) is 2. The van der Waals surface area contributed by atoms with Crippen molar-refractivity contribution in [3.05, 3.63) is 88.9 Å². The minimum atomic E-state index is -0.331. The molecule has 0 spiro atoms. The van der Waals surface area contributed by atoms with Gasteiger partial charge >= 0.3 is 0 Å². The standard InChI is InChI=1S/C25H27N3O3/c1-18-6-3-4-7-21(18)17-27-11-13-28(14-12-27)25(30)20-10-9-19(2)22(16-20)26-24(29)23-8-5-15-31-23/h3-10,15-16H,11-14,17H2,1-2H3,(H,26,29). The molecule has 0 atom stereocenters. The normalized spacial score (nSPS) is 14.5. The van der Waals surface area contributed by atoms with Gasteiger partial charge < -0.3 is 14.6 Å². The van der Waals surface area contributed by atoms with Crippen molar-refractivity contribution in [2.45, 2.75) is 20.4 Å². The van der Waals surface area contributed by atoms with Gasteiger partial charge in [0.15, 0.2) is 5.76 Å². The van der Waals surface area contributed by atoms with Crippen molar-refractivity contribution in [1.29, 1.82) is 0 Å². The van der Waals surface area contributed by atoms with E-state index in [2.05, 4.69) is 41.4 Å². The van der Waals surface area contributed by atoms with E-state index in [-0.39, 0.29) is 17.6 Å². The Morgan fingerprint density at radius 2 is 1.71 bits per heavy atom. The molecule has 1 fully saturated rings. The molecule has 1 N–H and O–H groups in total. The van der Waals surface area contributed by atoms with Gasteiger partial charge in [0.1, 0.15) is 0 Å². The molecule has 0 bridgehead atoms. The van der Waals surface area contributed by atoms with Crippen molar-refractivity contribution >= 4 is 17.5 Å². The molecule has 1 aliphatic rings. The summed E-state index contributed by atoms with van der Waals surface area (Å²) in [6, 6.07) is 17.1. The van der Waals surface area contributed by atoms with Gasteiger partial charge in [0.2, 0.25) is 0 Å². The number of hydrogen-bond donors (Lipinski definition) is 1. The van der Waals surface area contributed by atoms with E-state index in [9.17, 15) is 9.59 Å². The zero-order chi connectivity index (χ0) is 21.8. The Hall–Kier alpha value is -3.38. The fourth-order valence-electron chi connectivity index (χ4n) is 3.80. The summed E-state index contributed by atoms with van der Waals surface area (Å²) in [6.07, 6.45) is 1.46. The predicted molar refractivity (Wildman–Crippen MR) is 120 cm³/mol. The largest absolute Gasteiger partial charge is 0.459 e. The zero-order valence-corrected chi connectivity index (χ0v) is 17.9. The van der Waals surface area contributed by atoms with Crippen molar-refractivity contribution in [3.63, 3.8) is 0 Å². The Balaban J connectivity index is 1.38. The lowest BCUT2D eigenvalue weighted by atomic mass is 10.1. The maximum atomic E-state index is 13.1. The zero-order valence-electron chi connectivity index (χ0n) is 17.9. The number of benzene rings is 2. The molecule has 0 unspecified atom stereocenters. The number of piperazine rings is 1. The van der Waals surface area contributed by atoms with Crippen LogP contribution in [0.5, 0.6) is 0 Å². The molecule has 31 heavy (non-hydrogen) atoms. The van der Waals surface area contributed by atoms with Crippen LogP contribution >= 0.6 is 0 Å². The van der Waals surface area contributed by atoms with Crippen LogP contribution in [-0.2, 0) is 6.54 Å². The van der Waals surface area contributed by atoms with Crippen LogP contribution in [0.1, 0.15) is 37.6 Å². The number of furan rings is 1. The highest BCUT2D eigenvalue weighted by atomic mass is 16.3. The fraction of sp³-hybridized carbons (Fsp3) is 0.280. The van der Waals surface area contributed by atoms with Gasteiger partial charge in [0.05, 0.1) is 6.26 Å². The number of nitrogens with one attached hydrogen (secondary N) is 1. The van der Waals surface area contributed by atoms with Crippen LogP contribution in [0, 0.1) is 13.8 Å². The van der Waals surface area contributed by atoms with Gasteiger partial charge in [-0.3, -0.25) is 14.5 Å². The lowest BCUT2D eigenvalue weighted by Crippen LogP contribution is -2.48. The first-order chi connectivity index (χ1) is 15.0. The quantitative estimate of drug-likeness (QED) is 0.679. The van der Waals surface area contributed by atoms with Crippen LogP contribution in [0.15, 0.2) is 65.3 Å². The second kappa shape index (κ2) is 9.18. The molecule has 0 aliphatic carbocycles. The third kappa shape index (κ3) is 4.86. The van der Waals surface area contributed by atoms with Gasteiger partial charge in [-0.1, -0.05) is 30.3 Å². The molecule has 1 saturated heterocycles. The summed E-state index contributed by atoms with van der Waals surface area (Å²) >= 11 is 0. The average Bonchev–Trinajstić information content (AvgIpc) is 3.32. The molecule has 6 heteroatoms. The summed E-state index contributed by atoms with van der Waals surface area (Å²) < 4.78 is 5.15. The number of amides is 2. The highest BCUT2D eigenvalue weighted by Crippen LogP contribution is 2.20. The third-order valence-corrected chi connectivity index (χ3v) is 5.79. The highest BCUT2D eigenvalue weighted by Gasteiger charge is 2.23. The van der Waals surface area contributed by atoms with Crippen LogP contribution < -0.4 is 5.32 Å². The third-order valence-electron chi connectivity index (χ3n) is 5.79. The molecule has 6 nitrogen and oxygen atoms in total. The summed E-state index contributed by atoms with van der Waals surface area (Å²) in [5.41, 5.74) is 4.71. The number of hydrogen-bond acceptors (Lipinski definition) is 4. The Morgan fingerprint density at radius 3 is 2.42 bits per heavy atom. The van der Waals surface area contributed by atoms with E-state index < -0.39 is 0 Å². The van der Waals surface area contributed by atoms with Crippen LogP contribution in [0.2, 0.25) is 0 Å². The SMILES string of the molecule is Cc1ccccc1CN1CCN(C(=O)c2ccc(C)c(NC(=O)c3ccco3)c2)CC1. The molecule has 1 aromatic heterocycles. The highest BCUT2D eigenvalue weighted by molar-refractivity contribution is 6.04.